The summed E-state index contributed by atoms with van der Waals surface area (Å²) >= 11 is 5.86. The minimum atomic E-state index is -3.99. The second kappa shape index (κ2) is 10.5. The standard InChI is InChI=1S/C23H22ClN3O5S/c1-32-20-10-7-18(23(29)26-13-16-3-2-4-17(11-16)22(25)28)12-21(20)33(30,31)27-14-15-5-8-19(24)9-6-15/h2-12,27H,13-14H2,1H3,(H2,25,28)(H,26,29). The molecule has 2 amide bonds. The molecule has 33 heavy (non-hydrogen) atoms. The number of nitrogens with one attached hydrogen (secondary N) is 2. The second-order valence-corrected chi connectivity index (χ2v) is 9.24. The van der Waals surface area contributed by atoms with Gasteiger partial charge in [0.05, 0.1) is 7.11 Å². The number of amides is 2. The van der Waals surface area contributed by atoms with Gasteiger partial charge in [-0.05, 0) is 53.6 Å². The van der Waals surface area contributed by atoms with Crippen molar-refractivity contribution < 1.29 is 22.7 Å². The van der Waals surface area contributed by atoms with Crippen molar-refractivity contribution in [2.75, 3.05) is 7.11 Å². The van der Waals surface area contributed by atoms with Gasteiger partial charge in [0.1, 0.15) is 10.6 Å². The molecular weight excluding hydrogens is 466 g/mol. The molecule has 0 heterocycles. The van der Waals surface area contributed by atoms with E-state index in [4.69, 9.17) is 22.1 Å². The molecule has 0 aliphatic heterocycles. The lowest BCUT2D eigenvalue weighted by atomic mass is 10.1. The van der Waals surface area contributed by atoms with Crippen LogP contribution in [0.15, 0.2) is 71.6 Å². The Bertz CT molecular complexity index is 1280. The van der Waals surface area contributed by atoms with Crippen molar-refractivity contribution in [3.63, 3.8) is 0 Å². The smallest absolute Gasteiger partial charge is 0.251 e. The van der Waals surface area contributed by atoms with Crippen LogP contribution in [0.5, 0.6) is 5.75 Å². The minimum absolute atomic E-state index is 0.0370. The van der Waals surface area contributed by atoms with E-state index in [0.717, 1.165) is 0 Å². The van der Waals surface area contributed by atoms with Crippen molar-refractivity contribution in [2.24, 2.45) is 5.73 Å². The molecule has 0 atom stereocenters. The first-order chi connectivity index (χ1) is 15.7. The van der Waals surface area contributed by atoms with Crippen molar-refractivity contribution >= 4 is 33.4 Å². The van der Waals surface area contributed by atoms with Crippen molar-refractivity contribution in [1.29, 1.82) is 0 Å². The summed E-state index contributed by atoms with van der Waals surface area (Å²) < 4.78 is 33.5. The minimum Gasteiger partial charge on any atom is -0.495 e. The van der Waals surface area contributed by atoms with Crippen molar-refractivity contribution in [3.05, 3.63) is 94.0 Å². The average molecular weight is 488 g/mol. The largest absolute Gasteiger partial charge is 0.495 e. The van der Waals surface area contributed by atoms with Gasteiger partial charge in [0.15, 0.2) is 0 Å². The van der Waals surface area contributed by atoms with Crippen molar-refractivity contribution in [2.45, 2.75) is 18.0 Å². The van der Waals surface area contributed by atoms with Crippen LogP contribution in [0.1, 0.15) is 31.8 Å². The zero-order valence-corrected chi connectivity index (χ0v) is 19.2. The lowest BCUT2D eigenvalue weighted by Gasteiger charge is -2.13. The topological polar surface area (TPSA) is 128 Å². The fourth-order valence-corrected chi connectivity index (χ4v) is 4.34. The van der Waals surface area contributed by atoms with Gasteiger partial charge in [-0.3, -0.25) is 9.59 Å². The maximum Gasteiger partial charge on any atom is 0.251 e. The van der Waals surface area contributed by atoms with Gasteiger partial charge in [0.25, 0.3) is 5.91 Å². The number of nitrogens with two attached hydrogens (primary N) is 1. The van der Waals surface area contributed by atoms with Gasteiger partial charge in [-0.1, -0.05) is 35.9 Å². The molecule has 0 radical (unpaired) electrons. The number of carbonyl (C=O) groups is 2. The van der Waals surface area contributed by atoms with Crippen LogP contribution in [0.2, 0.25) is 5.02 Å². The Morgan fingerprint density at radius 1 is 0.939 bits per heavy atom. The zero-order chi connectivity index (χ0) is 24.0. The maximum absolute atomic E-state index is 12.9. The first kappa shape index (κ1) is 24.2. The van der Waals surface area contributed by atoms with E-state index in [2.05, 4.69) is 10.0 Å². The number of carbonyl (C=O) groups excluding carboxylic acids is 2. The van der Waals surface area contributed by atoms with E-state index in [1.54, 1.807) is 48.5 Å². The van der Waals surface area contributed by atoms with Gasteiger partial charge in [0.2, 0.25) is 15.9 Å². The first-order valence-electron chi connectivity index (χ1n) is 9.78. The molecule has 4 N–H and O–H groups in total. The van der Waals surface area contributed by atoms with E-state index >= 15 is 0 Å². The second-order valence-electron chi connectivity index (χ2n) is 7.06. The van der Waals surface area contributed by atoms with E-state index < -0.39 is 21.8 Å². The summed E-state index contributed by atoms with van der Waals surface area (Å²) in [5, 5.41) is 3.25. The number of benzene rings is 3. The van der Waals surface area contributed by atoms with Crippen molar-refractivity contribution in [1.82, 2.24) is 10.0 Å². The van der Waals surface area contributed by atoms with Gasteiger partial charge in [-0.25, -0.2) is 13.1 Å². The molecule has 0 aliphatic rings. The molecule has 0 fully saturated rings. The summed E-state index contributed by atoms with van der Waals surface area (Å²) in [5.41, 5.74) is 7.12. The lowest BCUT2D eigenvalue weighted by Crippen LogP contribution is -2.26. The molecule has 172 valence electrons. The molecule has 3 aromatic carbocycles. The maximum atomic E-state index is 12.9. The highest BCUT2D eigenvalue weighted by Gasteiger charge is 2.21. The Morgan fingerprint density at radius 3 is 2.33 bits per heavy atom. The first-order valence-corrected chi connectivity index (χ1v) is 11.6. The Kier molecular flexibility index (Phi) is 7.70. The molecule has 0 unspecified atom stereocenters. The van der Waals surface area contributed by atoms with Crippen LogP contribution < -0.4 is 20.5 Å². The van der Waals surface area contributed by atoms with Gasteiger partial charge < -0.3 is 15.8 Å². The van der Waals surface area contributed by atoms with Crippen molar-refractivity contribution in [3.8, 4) is 5.75 Å². The third-order valence-electron chi connectivity index (χ3n) is 4.76. The molecule has 0 saturated heterocycles. The van der Waals surface area contributed by atoms with Crippen LogP contribution in [0.4, 0.5) is 0 Å². The van der Waals surface area contributed by atoms with Crippen LogP contribution in [0.3, 0.4) is 0 Å². The van der Waals surface area contributed by atoms with E-state index in [1.165, 1.54) is 25.3 Å². The van der Waals surface area contributed by atoms with Crippen LogP contribution >= 0.6 is 11.6 Å². The number of sulfonamides is 1. The number of primary amides is 1. The highest BCUT2D eigenvalue weighted by Crippen LogP contribution is 2.25. The Hall–Kier alpha value is -3.40. The van der Waals surface area contributed by atoms with Crippen LogP contribution in [-0.2, 0) is 23.1 Å². The SMILES string of the molecule is COc1ccc(C(=O)NCc2cccc(C(N)=O)c2)cc1S(=O)(=O)NCc1ccc(Cl)cc1. The highest BCUT2D eigenvalue weighted by molar-refractivity contribution is 7.89. The van der Waals surface area contributed by atoms with Crippen LogP contribution in [0.25, 0.3) is 0 Å². The molecule has 8 nitrogen and oxygen atoms in total. The molecule has 0 aromatic heterocycles. The predicted octanol–water partition coefficient (Wildman–Crippen LogP) is 2.86. The molecule has 0 spiro atoms. The fraction of sp³-hybridized carbons (Fsp3) is 0.130. The summed E-state index contributed by atoms with van der Waals surface area (Å²) in [5.74, 6) is -0.958. The fourth-order valence-electron chi connectivity index (χ4n) is 3.01. The summed E-state index contributed by atoms with van der Waals surface area (Å²) in [6.07, 6.45) is 0. The summed E-state index contributed by atoms with van der Waals surface area (Å²) in [4.78, 5) is 23.8. The monoisotopic (exact) mass is 487 g/mol. The number of hydrogen-bond donors (Lipinski definition) is 3. The summed E-state index contributed by atoms with van der Waals surface area (Å²) in [6.45, 7) is 0.165. The van der Waals surface area contributed by atoms with Gasteiger partial charge >= 0.3 is 0 Å². The molecule has 0 aliphatic carbocycles. The van der Waals surface area contributed by atoms with E-state index in [-0.39, 0.29) is 29.3 Å². The Labute approximate surface area is 196 Å². The number of rotatable bonds is 9. The third kappa shape index (κ3) is 6.32. The molecule has 0 bridgehead atoms. The van der Waals surface area contributed by atoms with E-state index in [0.29, 0.717) is 21.7 Å². The predicted molar refractivity (Wildman–Crippen MR) is 125 cm³/mol. The normalized spacial score (nSPS) is 11.1. The number of hydrogen-bond acceptors (Lipinski definition) is 5. The van der Waals surface area contributed by atoms with Gasteiger partial charge in [-0.15, -0.1) is 0 Å². The lowest BCUT2D eigenvalue weighted by molar-refractivity contribution is 0.0950. The highest BCUT2D eigenvalue weighted by atomic mass is 35.5. The molecule has 0 saturated carbocycles. The van der Waals surface area contributed by atoms with Crippen LogP contribution in [0, 0.1) is 0 Å². The van der Waals surface area contributed by atoms with Gasteiger partial charge in [-0.2, -0.15) is 0 Å². The Balaban J connectivity index is 1.76. The van der Waals surface area contributed by atoms with E-state index in [9.17, 15) is 18.0 Å². The average Bonchev–Trinajstić information content (AvgIpc) is 2.82. The van der Waals surface area contributed by atoms with Gasteiger partial charge in [0, 0.05) is 29.2 Å². The van der Waals surface area contributed by atoms with E-state index in [1.807, 2.05) is 0 Å². The summed E-state index contributed by atoms with van der Waals surface area (Å²) in [6, 6.07) is 17.4. The number of methoxy groups -OCH3 is 1. The molecular formula is C23H22ClN3O5S. The molecule has 3 aromatic rings. The number of halogens is 1. The third-order valence-corrected chi connectivity index (χ3v) is 6.43. The molecule has 10 heteroatoms. The quantitative estimate of drug-likeness (QED) is 0.427. The number of ether oxygens (including phenoxy) is 1. The zero-order valence-electron chi connectivity index (χ0n) is 17.7. The van der Waals surface area contributed by atoms with Crippen LogP contribution in [-0.4, -0.2) is 27.3 Å². The molecule has 3 rings (SSSR count). The Morgan fingerprint density at radius 2 is 1.67 bits per heavy atom. The summed E-state index contributed by atoms with van der Waals surface area (Å²) in [7, 11) is -2.64.